The van der Waals surface area contributed by atoms with E-state index in [9.17, 15) is 4.79 Å². The Morgan fingerprint density at radius 2 is 2.29 bits per heavy atom. The van der Waals surface area contributed by atoms with Crippen LogP contribution in [0.25, 0.3) is 0 Å². The van der Waals surface area contributed by atoms with Gasteiger partial charge in [-0.25, -0.2) is 0 Å². The summed E-state index contributed by atoms with van der Waals surface area (Å²) < 4.78 is 5.39. The van der Waals surface area contributed by atoms with Crippen LogP contribution < -0.4 is 10.1 Å². The maximum absolute atomic E-state index is 11.8. The maximum atomic E-state index is 11.8. The third kappa shape index (κ3) is 2.97. The van der Waals surface area contributed by atoms with Crippen molar-refractivity contribution in [3.8, 4) is 5.75 Å². The molecule has 0 aliphatic carbocycles. The van der Waals surface area contributed by atoms with Crippen LogP contribution in [0, 0.1) is 0 Å². The van der Waals surface area contributed by atoms with Gasteiger partial charge in [-0.05, 0) is 36.6 Å². The standard InChI is InChI=1S/C13H17NO3/c15-7-2-1-6-14-13(16)11-3-4-12-10(9-11)5-8-17-12/h3-4,9,15H,1-2,5-8H2,(H,14,16). The van der Waals surface area contributed by atoms with Crippen LogP contribution in [-0.2, 0) is 6.42 Å². The van der Waals surface area contributed by atoms with E-state index in [4.69, 9.17) is 9.84 Å². The summed E-state index contributed by atoms with van der Waals surface area (Å²) in [4.78, 5) is 11.8. The fourth-order valence-electron chi connectivity index (χ4n) is 1.87. The van der Waals surface area contributed by atoms with Gasteiger partial charge in [-0.2, -0.15) is 0 Å². The molecule has 4 heteroatoms. The normalized spacial score (nSPS) is 13.0. The molecule has 0 saturated carbocycles. The number of benzene rings is 1. The van der Waals surface area contributed by atoms with E-state index in [0.717, 1.165) is 30.6 Å². The number of carbonyl (C=O) groups is 1. The van der Waals surface area contributed by atoms with Crippen LogP contribution in [0.4, 0.5) is 0 Å². The third-order valence-corrected chi connectivity index (χ3v) is 2.82. The van der Waals surface area contributed by atoms with Crippen LogP contribution in [0.2, 0.25) is 0 Å². The second-order valence-electron chi connectivity index (χ2n) is 4.11. The van der Waals surface area contributed by atoms with Crippen molar-refractivity contribution in [2.24, 2.45) is 0 Å². The predicted molar refractivity (Wildman–Crippen MR) is 64.3 cm³/mol. The van der Waals surface area contributed by atoms with Crippen molar-refractivity contribution >= 4 is 5.91 Å². The lowest BCUT2D eigenvalue weighted by atomic mass is 10.1. The van der Waals surface area contributed by atoms with Gasteiger partial charge in [0.2, 0.25) is 0 Å². The largest absolute Gasteiger partial charge is 0.493 e. The zero-order chi connectivity index (χ0) is 12.1. The van der Waals surface area contributed by atoms with Gasteiger partial charge in [-0.1, -0.05) is 0 Å². The first-order chi connectivity index (χ1) is 8.31. The van der Waals surface area contributed by atoms with Gasteiger partial charge in [-0.15, -0.1) is 0 Å². The first-order valence-electron chi connectivity index (χ1n) is 5.96. The molecule has 4 nitrogen and oxygen atoms in total. The predicted octanol–water partition coefficient (Wildman–Crippen LogP) is 1.12. The van der Waals surface area contributed by atoms with Crippen LogP contribution in [0.15, 0.2) is 18.2 Å². The third-order valence-electron chi connectivity index (χ3n) is 2.82. The summed E-state index contributed by atoms with van der Waals surface area (Å²) in [6.45, 7) is 1.48. The van der Waals surface area contributed by atoms with Gasteiger partial charge in [0.1, 0.15) is 5.75 Å². The van der Waals surface area contributed by atoms with Crippen LogP contribution in [0.3, 0.4) is 0 Å². The number of aliphatic hydroxyl groups is 1. The molecule has 1 aromatic rings. The Morgan fingerprint density at radius 1 is 1.41 bits per heavy atom. The minimum atomic E-state index is -0.0577. The minimum absolute atomic E-state index is 0.0577. The van der Waals surface area contributed by atoms with Gasteiger partial charge in [0.25, 0.3) is 5.91 Å². The summed E-state index contributed by atoms with van der Waals surface area (Å²) in [5.41, 5.74) is 1.78. The van der Waals surface area contributed by atoms with Gasteiger partial charge in [0.05, 0.1) is 6.61 Å². The van der Waals surface area contributed by atoms with Crippen LogP contribution in [0.5, 0.6) is 5.75 Å². The van der Waals surface area contributed by atoms with E-state index >= 15 is 0 Å². The Labute approximate surface area is 101 Å². The average Bonchev–Trinajstić information content (AvgIpc) is 2.81. The lowest BCUT2D eigenvalue weighted by Gasteiger charge is -2.06. The van der Waals surface area contributed by atoms with Crippen molar-refractivity contribution in [2.75, 3.05) is 19.8 Å². The summed E-state index contributed by atoms with van der Waals surface area (Å²) in [6, 6.07) is 5.53. The van der Waals surface area contributed by atoms with E-state index in [2.05, 4.69) is 5.32 Å². The van der Waals surface area contributed by atoms with E-state index in [1.54, 1.807) is 6.07 Å². The molecule has 2 N–H and O–H groups in total. The molecule has 0 unspecified atom stereocenters. The number of nitrogens with one attached hydrogen (secondary N) is 1. The summed E-state index contributed by atoms with van der Waals surface area (Å²) in [7, 11) is 0. The number of ether oxygens (including phenoxy) is 1. The molecule has 1 heterocycles. The molecule has 1 aromatic carbocycles. The highest BCUT2D eigenvalue weighted by atomic mass is 16.5. The SMILES string of the molecule is O=C(NCCCCO)c1ccc2c(c1)CCO2. The first kappa shape index (κ1) is 11.9. The number of hydrogen-bond acceptors (Lipinski definition) is 3. The molecule has 0 bridgehead atoms. The number of carbonyl (C=O) groups excluding carboxylic acids is 1. The highest BCUT2D eigenvalue weighted by Gasteiger charge is 2.14. The van der Waals surface area contributed by atoms with Crippen molar-refractivity contribution in [1.29, 1.82) is 0 Å². The zero-order valence-electron chi connectivity index (χ0n) is 9.74. The molecular formula is C13H17NO3. The van der Waals surface area contributed by atoms with E-state index in [-0.39, 0.29) is 12.5 Å². The molecule has 1 aliphatic rings. The molecule has 0 aromatic heterocycles. The Morgan fingerprint density at radius 3 is 3.12 bits per heavy atom. The van der Waals surface area contributed by atoms with Crippen LogP contribution in [0.1, 0.15) is 28.8 Å². The number of hydrogen-bond donors (Lipinski definition) is 2. The molecule has 0 atom stereocenters. The second-order valence-corrected chi connectivity index (χ2v) is 4.11. The second kappa shape index (κ2) is 5.68. The van der Waals surface area contributed by atoms with E-state index in [0.29, 0.717) is 18.7 Å². The lowest BCUT2D eigenvalue weighted by Crippen LogP contribution is -2.24. The molecule has 1 aliphatic heterocycles. The first-order valence-corrected chi connectivity index (χ1v) is 5.96. The molecule has 0 saturated heterocycles. The monoisotopic (exact) mass is 235 g/mol. The molecule has 92 valence electrons. The number of unbranched alkanes of at least 4 members (excludes halogenated alkanes) is 1. The van der Waals surface area contributed by atoms with Crippen molar-refractivity contribution in [3.05, 3.63) is 29.3 Å². The molecule has 1 amide bonds. The summed E-state index contributed by atoms with van der Waals surface area (Å²) in [6.07, 6.45) is 2.40. The quantitative estimate of drug-likeness (QED) is 0.752. The van der Waals surface area contributed by atoms with E-state index < -0.39 is 0 Å². The summed E-state index contributed by atoms with van der Waals surface area (Å²) in [5.74, 6) is 0.833. The van der Waals surface area contributed by atoms with Crippen molar-refractivity contribution in [3.63, 3.8) is 0 Å². The number of rotatable bonds is 5. The molecule has 0 fully saturated rings. The van der Waals surface area contributed by atoms with Crippen molar-refractivity contribution in [2.45, 2.75) is 19.3 Å². The van der Waals surface area contributed by atoms with Gasteiger partial charge in [0, 0.05) is 25.1 Å². The summed E-state index contributed by atoms with van der Waals surface area (Å²) in [5, 5.41) is 11.5. The molecular weight excluding hydrogens is 218 g/mol. The zero-order valence-corrected chi connectivity index (χ0v) is 9.74. The number of aliphatic hydroxyl groups excluding tert-OH is 1. The van der Waals surface area contributed by atoms with Gasteiger partial charge < -0.3 is 15.2 Å². The number of fused-ring (bicyclic) bond motifs is 1. The van der Waals surface area contributed by atoms with E-state index in [1.165, 1.54) is 0 Å². The summed E-state index contributed by atoms with van der Waals surface area (Å²) >= 11 is 0. The molecule has 0 radical (unpaired) electrons. The topological polar surface area (TPSA) is 58.6 Å². The van der Waals surface area contributed by atoms with Crippen molar-refractivity contribution < 1.29 is 14.6 Å². The Hall–Kier alpha value is -1.55. The van der Waals surface area contributed by atoms with Crippen LogP contribution in [-0.4, -0.2) is 30.8 Å². The molecule has 0 spiro atoms. The molecule has 17 heavy (non-hydrogen) atoms. The highest BCUT2D eigenvalue weighted by Crippen LogP contribution is 2.25. The van der Waals surface area contributed by atoms with Crippen LogP contribution >= 0.6 is 0 Å². The highest BCUT2D eigenvalue weighted by molar-refractivity contribution is 5.94. The fourth-order valence-corrected chi connectivity index (χ4v) is 1.87. The Balaban J connectivity index is 1.91. The average molecular weight is 235 g/mol. The van der Waals surface area contributed by atoms with Crippen molar-refractivity contribution in [1.82, 2.24) is 5.32 Å². The van der Waals surface area contributed by atoms with Gasteiger partial charge in [0.15, 0.2) is 0 Å². The maximum Gasteiger partial charge on any atom is 0.251 e. The Bertz CT molecular complexity index is 404. The Kier molecular flexibility index (Phi) is 3.98. The number of amides is 1. The minimum Gasteiger partial charge on any atom is -0.493 e. The fraction of sp³-hybridized carbons (Fsp3) is 0.462. The lowest BCUT2D eigenvalue weighted by molar-refractivity contribution is 0.0952. The smallest absolute Gasteiger partial charge is 0.251 e. The van der Waals surface area contributed by atoms with Gasteiger partial charge >= 0.3 is 0 Å². The molecule has 2 rings (SSSR count). The van der Waals surface area contributed by atoms with Gasteiger partial charge in [-0.3, -0.25) is 4.79 Å². The van der Waals surface area contributed by atoms with E-state index in [1.807, 2.05) is 12.1 Å².